The van der Waals surface area contributed by atoms with Crippen LogP contribution in [0.3, 0.4) is 0 Å². The van der Waals surface area contributed by atoms with E-state index in [1.165, 1.54) is 0 Å². The number of hydrogen-bond donors (Lipinski definition) is 0. The molecule has 0 N–H and O–H groups in total. The largest absolute Gasteiger partial charge is 0.456 e. The average molecular weight is 224 g/mol. The van der Waals surface area contributed by atoms with Gasteiger partial charge in [0.15, 0.2) is 5.76 Å². The van der Waals surface area contributed by atoms with Crippen LogP contribution in [0.5, 0.6) is 0 Å². The molecule has 1 aliphatic rings. The zero-order chi connectivity index (χ0) is 11.4. The first-order chi connectivity index (χ1) is 7.81. The summed E-state index contributed by atoms with van der Waals surface area (Å²) in [6.45, 7) is 1.74. The van der Waals surface area contributed by atoms with Gasteiger partial charge >= 0.3 is 0 Å². The Kier molecular flexibility index (Phi) is 3.74. The molecule has 1 saturated heterocycles. The lowest BCUT2D eigenvalue weighted by Crippen LogP contribution is -2.23. The van der Waals surface area contributed by atoms with Gasteiger partial charge in [-0.15, -0.1) is 0 Å². The van der Waals surface area contributed by atoms with E-state index in [0.717, 1.165) is 12.8 Å². The average Bonchev–Trinajstić information content (AvgIpc) is 2.78. The highest BCUT2D eigenvalue weighted by molar-refractivity contribution is 5.95. The quantitative estimate of drug-likeness (QED) is 0.734. The van der Waals surface area contributed by atoms with E-state index in [-0.39, 0.29) is 11.7 Å². The van der Waals surface area contributed by atoms with Crippen molar-refractivity contribution in [2.75, 3.05) is 20.3 Å². The molecule has 0 aliphatic carbocycles. The summed E-state index contributed by atoms with van der Waals surface area (Å²) in [7, 11) is 1.60. The molecule has 4 nitrogen and oxygen atoms in total. The number of rotatable bonds is 4. The van der Waals surface area contributed by atoms with Crippen LogP contribution in [-0.2, 0) is 16.1 Å². The number of ether oxygens (including phenoxy) is 2. The third-order valence-corrected chi connectivity index (χ3v) is 2.78. The van der Waals surface area contributed by atoms with Crippen LogP contribution in [0.15, 0.2) is 16.5 Å². The van der Waals surface area contributed by atoms with E-state index in [9.17, 15) is 4.79 Å². The molecule has 0 amide bonds. The van der Waals surface area contributed by atoms with Crippen molar-refractivity contribution in [1.82, 2.24) is 0 Å². The standard InChI is InChI=1S/C12H16O4/c1-14-8-10-2-3-11(16-10)12(13)9-4-6-15-7-5-9/h2-3,9H,4-8H2,1H3. The number of Topliss-reactive ketones (excluding diaryl/α,β-unsaturated/α-hetero) is 1. The maximum absolute atomic E-state index is 12.0. The smallest absolute Gasteiger partial charge is 0.201 e. The van der Waals surface area contributed by atoms with Crippen molar-refractivity contribution >= 4 is 5.78 Å². The molecule has 1 fully saturated rings. The SMILES string of the molecule is COCc1ccc(C(=O)C2CCOCC2)o1. The molecule has 0 unspecified atom stereocenters. The minimum Gasteiger partial charge on any atom is -0.456 e. The van der Waals surface area contributed by atoms with Crippen LogP contribution in [-0.4, -0.2) is 26.1 Å². The molecule has 1 aliphatic heterocycles. The molecule has 0 aromatic carbocycles. The van der Waals surface area contributed by atoms with Crippen LogP contribution in [0.2, 0.25) is 0 Å². The molecule has 0 saturated carbocycles. The second-order valence-corrected chi connectivity index (χ2v) is 3.95. The Morgan fingerprint density at radius 3 is 2.88 bits per heavy atom. The number of ketones is 1. The molecule has 0 spiro atoms. The van der Waals surface area contributed by atoms with Gasteiger partial charge in [-0.2, -0.15) is 0 Å². The van der Waals surface area contributed by atoms with Crippen molar-refractivity contribution in [2.24, 2.45) is 5.92 Å². The number of hydrogen-bond acceptors (Lipinski definition) is 4. The van der Waals surface area contributed by atoms with Crippen molar-refractivity contribution in [1.29, 1.82) is 0 Å². The molecule has 4 heteroatoms. The highest BCUT2D eigenvalue weighted by Gasteiger charge is 2.25. The van der Waals surface area contributed by atoms with Crippen molar-refractivity contribution in [2.45, 2.75) is 19.4 Å². The van der Waals surface area contributed by atoms with Gasteiger partial charge in [-0.3, -0.25) is 4.79 Å². The molecule has 16 heavy (non-hydrogen) atoms. The third-order valence-electron chi connectivity index (χ3n) is 2.78. The van der Waals surface area contributed by atoms with E-state index in [1.54, 1.807) is 19.2 Å². The summed E-state index contributed by atoms with van der Waals surface area (Å²) in [4.78, 5) is 12.0. The minimum atomic E-state index is 0.0512. The van der Waals surface area contributed by atoms with Gasteiger partial charge in [0.1, 0.15) is 12.4 Å². The summed E-state index contributed by atoms with van der Waals surface area (Å²) in [5.74, 6) is 1.28. The first-order valence-electron chi connectivity index (χ1n) is 5.51. The second kappa shape index (κ2) is 5.27. The Labute approximate surface area is 94.5 Å². The minimum absolute atomic E-state index is 0.0512. The highest BCUT2D eigenvalue weighted by Crippen LogP contribution is 2.21. The van der Waals surface area contributed by atoms with E-state index in [0.29, 0.717) is 31.3 Å². The number of methoxy groups -OCH3 is 1. The first kappa shape index (κ1) is 11.4. The van der Waals surface area contributed by atoms with Gasteiger partial charge < -0.3 is 13.9 Å². The van der Waals surface area contributed by atoms with Gasteiger partial charge in [0.2, 0.25) is 5.78 Å². The van der Waals surface area contributed by atoms with Gasteiger partial charge in [0.05, 0.1) is 0 Å². The Morgan fingerprint density at radius 1 is 1.44 bits per heavy atom. The van der Waals surface area contributed by atoms with Gasteiger partial charge in [-0.05, 0) is 25.0 Å². The maximum Gasteiger partial charge on any atom is 0.201 e. The summed E-state index contributed by atoms with van der Waals surface area (Å²) in [6, 6.07) is 3.52. The first-order valence-corrected chi connectivity index (χ1v) is 5.51. The van der Waals surface area contributed by atoms with Crippen molar-refractivity contribution in [3.63, 3.8) is 0 Å². The molecule has 88 valence electrons. The van der Waals surface area contributed by atoms with E-state index in [1.807, 2.05) is 0 Å². The van der Waals surface area contributed by atoms with E-state index in [2.05, 4.69) is 0 Å². The van der Waals surface area contributed by atoms with Crippen LogP contribution >= 0.6 is 0 Å². The van der Waals surface area contributed by atoms with Gasteiger partial charge in [-0.25, -0.2) is 0 Å². The molecule has 1 aromatic heterocycles. The molecule has 1 aromatic rings. The lowest BCUT2D eigenvalue weighted by atomic mass is 9.94. The molecule has 0 atom stereocenters. The zero-order valence-electron chi connectivity index (χ0n) is 9.40. The second-order valence-electron chi connectivity index (χ2n) is 3.95. The summed E-state index contributed by atoms with van der Waals surface area (Å²) in [5.41, 5.74) is 0. The normalized spacial score (nSPS) is 17.6. The van der Waals surface area contributed by atoms with Crippen LogP contribution in [0.4, 0.5) is 0 Å². The fourth-order valence-electron chi connectivity index (χ4n) is 1.89. The Bertz CT molecular complexity index is 350. The van der Waals surface area contributed by atoms with Gasteiger partial charge in [0, 0.05) is 26.2 Å². The zero-order valence-corrected chi connectivity index (χ0v) is 9.40. The van der Waals surface area contributed by atoms with Crippen LogP contribution in [0.25, 0.3) is 0 Å². The Morgan fingerprint density at radius 2 is 2.19 bits per heavy atom. The van der Waals surface area contributed by atoms with E-state index >= 15 is 0 Å². The van der Waals surface area contributed by atoms with Crippen molar-refractivity contribution in [3.05, 3.63) is 23.7 Å². The number of carbonyl (C=O) groups excluding carboxylic acids is 1. The molecule has 0 bridgehead atoms. The lowest BCUT2D eigenvalue weighted by Gasteiger charge is -2.19. The number of furan rings is 1. The predicted octanol–water partition coefficient (Wildman–Crippen LogP) is 2.04. The van der Waals surface area contributed by atoms with Crippen molar-refractivity contribution < 1.29 is 18.7 Å². The molecular formula is C12H16O4. The summed E-state index contributed by atoms with van der Waals surface area (Å²) < 4.78 is 15.6. The van der Waals surface area contributed by atoms with Crippen LogP contribution < -0.4 is 0 Å². The molecular weight excluding hydrogens is 208 g/mol. The maximum atomic E-state index is 12.0. The van der Waals surface area contributed by atoms with Gasteiger partial charge in [-0.1, -0.05) is 0 Å². The Hall–Kier alpha value is -1.13. The summed E-state index contributed by atoms with van der Waals surface area (Å²) in [5, 5.41) is 0. The van der Waals surface area contributed by atoms with Crippen LogP contribution in [0.1, 0.15) is 29.2 Å². The topological polar surface area (TPSA) is 48.7 Å². The number of carbonyl (C=O) groups is 1. The van der Waals surface area contributed by atoms with E-state index in [4.69, 9.17) is 13.9 Å². The van der Waals surface area contributed by atoms with Crippen LogP contribution in [0, 0.1) is 5.92 Å². The molecule has 2 heterocycles. The monoisotopic (exact) mass is 224 g/mol. The fraction of sp³-hybridized carbons (Fsp3) is 0.583. The predicted molar refractivity (Wildman–Crippen MR) is 57.3 cm³/mol. The summed E-state index contributed by atoms with van der Waals surface area (Å²) in [6.07, 6.45) is 1.58. The van der Waals surface area contributed by atoms with Gasteiger partial charge in [0.25, 0.3) is 0 Å². The molecule has 0 radical (unpaired) electrons. The lowest BCUT2D eigenvalue weighted by molar-refractivity contribution is 0.0524. The summed E-state index contributed by atoms with van der Waals surface area (Å²) >= 11 is 0. The fourth-order valence-corrected chi connectivity index (χ4v) is 1.89. The highest BCUT2D eigenvalue weighted by atomic mass is 16.5. The van der Waals surface area contributed by atoms with Crippen molar-refractivity contribution in [3.8, 4) is 0 Å². The third kappa shape index (κ3) is 2.51. The van der Waals surface area contributed by atoms with E-state index < -0.39 is 0 Å². The Balaban J connectivity index is 2.01. The molecule has 2 rings (SSSR count).